The molecule has 0 aliphatic carbocycles. The van der Waals surface area contributed by atoms with E-state index in [2.05, 4.69) is 40.1 Å². The lowest BCUT2D eigenvalue weighted by Crippen LogP contribution is -2.44. The van der Waals surface area contributed by atoms with Crippen LogP contribution >= 0.6 is 35.3 Å². The van der Waals surface area contributed by atoms with Crippen molar-refractivity contribution in [2.75, 3.05) is 26.7 Å². The van der Waals surface area contributed by atoms with Crippen molar-refractivity contribution in [3.8, 4) is 0 Å². The number of nitrogens with zero attached hydrogens (tertiary/aromatic N) is 2. The van der Waals surface area contributed by atoms with Crippen LogP contribution in [-0.2, 0) is 11.2 Å². The van der Waals surface area contributed by atoms with Gasteiger partial charge in [-0.3, -0.25) is 9.79 Å². The number of nitrogens with one attached hydrogen (secondary N) is 2. The third kappa shape index (κ3) is 6.96. The molecule has 0 spiro atoms. The molecule has 1 saturated heterocycles. The highest BCUT2D eigenvalue weighted by molar-refractivity contribution is 14.0. The molecule has 136 valence electrons. The molecule has 24 heavy (non-hydrogen) atoms. The van der Waals surface area contributed by atoms with Crippen LogP contribution in [0.25, 0.3) is 0 Å². The fourth-order valence-electron chi connectivity index (χ4n) is 2.88. The zero-order valence-electron chi connectivity index (χ0n) is 14.6. The van der Waals surface area contributed by atoms with E-state index in [1.54, 1.807) is 18.4 Å². The van der Waals surface area contributed by atoms with Crippen molar-refractivity contribution < 1.29 is 4.79 Å². The van der Waals surface area contributed by atoms with Crippen LogP contribution in [0, 0.1) is 0 Å². The van der Waals surface area contributed by atoms with Gasteiger partial charge in [0.1, 0.15) is 0 Å². The number of carbonyl (C=O) groups is 1. The van der Waals surface area contributed by atoms with Crippen molar-refractivity contribution >= 4 is 47.2 Å². The highest BCUT2D eigenvalue weighted by Crippen LogP contribution is 2.16. The molecule has 5 nitrogen and oxygen atoms in total. The first-order valence-corrected chi connectivity index (χ1v) is 9.35. The molecular formula is C17H29IN4OS. The number of halogens is 1. The molecule has 0 bridgehead atoms. The van der Waals surface area contributed by atoms with Crippen LogP contribution in [-0.4, -0.2) is 49.5 Å². The summed E-state index contributed by atoms with van der Waals surface area (Å²) in [5.41, 5.74) is 0. The minimum atomic E-state index is 0. The second-order valence-electron chi connectivity index (χ2n) is 5.94. The molecule has 1 aromatic heterocycles. The molecule has 1 fully saturated rings. The number of guanidine groups is 1. The lowest BCUT2D eigenvalue weighted by atomic mass is 10.0. The number of amides is 1. The highest BCUT2D eigenvalue weighted by Gasteiger charge is 2.22. The number of hydrogen-bond acceptors (Lipinski definition) is 3. The van der Waals surface area contributed by atoms with Gasteiger partial charge in [0, 0.05) is 44.0 Å². The Morgan fingerprint density at radius 1 is 1.38 bits per heavy atom. The van der Waals surface area contributed by atoms with Crippen LogP contribution in [0.2, 0.25) is 0 Å². The van der Waals surface area contributed by atoms with E-state index in [0.717, 1.165) is 38.3 Å². The van der Waals surface area contributed by atoms with Gasteiger partial charge in [0.15, 0.2) is 5.96 Å². The summed E-state index contributed by atoms with van der Waals surface area (Å²) in [4.78, 5) is 19.9. The Morgan fingerprint density at radius 2 is 2.17 bits per heavy atom. The molecule has 2 rings (SSSR count). The summed E-state index contributed by atoms with van der Waals surface area (Å²) in [5.74, 6) is 1.01. The third-order valence-corrected chi connectivity index (χ3v) is 5.16. The van der Waals surface area contributed by atoms with Crippen molar-refractivity contribution in [3.05, 3.63) is 22.4 Å². The minimum Gasteiger partial charge on any atom is -0.356 e. The SMILES string of the molecule is CN=C(NCCC(=O)N1CCCCC1C)NCCc1cccs1.I. The Balaban J connectivity index is 0.00000288. The number of rotatable bonds is 6. The fourth-order valence-corrected chi connectivity index (χ4v) is 3.59. The van der Waals surface area contributed by atoms with E-state index >= 15 is 0 Å². The molecule has 1 atom stereocenters. The maximum atomic E-state index is 12.3. The number of hydrogen-bond donors (Lipinski definition) is 2. The van der Waals surface area contributed by atoms with Gasteiger partial charge in [-0.1, -0.05) is 6.07 Å². The molecule has 2 heterocycles. The van der Waals surface area contributed by atoms with Crippen molar-refractivity contribution in [3.63, 3.8) is 0 Å². The smallest absolute Gasteiger partial charge is 0.224 e. The molecular weight excluding hydrogens is 435 g/mol. The van der Waals surface area contributed by atoms with Crippen LogP contribution in [0.4, 0.5) is 0 Å². The van der Waals surface area contributed by atoms with Crippen molar-refractivity contribution in [1.29, 1.82) is 0 Å². The molecule has 1 aliphatic rings. The zero-order chi connectivity index (χ0) is 16.5. The predicted molar refractivity (Wildman–Crippen MR) is 112 cm³/mol. The number of aliphatic imine (C=N–C) groups is 1. The van der Waals surface area contributed by atoms with E-state index in [1.807, 2.05) is 4.90 Å². The van der Waals surface area contributed by atoms with E-state index in [0.29, 0.717) is 19.0 Å². The summed E-state index contributed by atoms with van der Waals surface area (Å²) in [6.07, 6.45) is 5.02. The Hall–Kier alpha value is -0.830. The van der Waals surface area contributed by atoms with Gasteiger partial charge in [0.25, 0.3) is 0 Å². The van der Waals surface area contributed by atoms with Gasteiger partial charge in [-0.2, -0.15) is 0 Å². The second-order valence-corrected chi connectivity index (χ2v) is 6.97. The third-order valence-electron chi connectivity index (χ3n) is 4.22. The predicted octanol–water partition coefficient (Wildman–Crippen LogP) is 2.86. The molecule has 0 radical (unpaired) electrons. The fraction of sp³-hybridized carbons (Fsp3) is 0.647. The number of piperidine rings is 1. The Morgan fingerprint density at radius 3 is 2.83 bits per heavy atom. The molecule has 1 aromatic rings. The standard InChI is InChI=1S/C17H28N4OS.HI/c1-14-6-3-4-12-21(14)16(22)9-11-20-17(18-2)19-10-8-15-7-5-13-23-15;/h5,7,13-14H,3-4,6,8-12H2,1-2H3,(H2,18,19,20);1H. The van der Waals surface area contributed by atoms with Gasteiger partial charge in [-0.15, -0.1) is 35.3 Å². The van der Waals surface area contributed by atoms with E-state index in [1.165, 1.54) is 11.3 Å². The summed E-state index contributed by atoms with van der Waals surface area (Å²) in [5, 5.41) is 8.61. The molecule has 0 aromatic carbocycles. The maximum Gasteiger partial charge on any atom is 0.224 e. The average molecular weight is 464 g/mol. The van der Waals surface area contributed by atoms with E-state index in [-0.39, 0.29) is 29.9 Å². The number of likely N-dealkylation sites (tertiary alicyclic amines) is 1. The van der Waals surface area contributed by atoms with Crippen LogP contribution in [0.5, 0.6) is 0 Å². The van der Waals surface area contributed by atoms with E-state index in [9.17, 15) is 4.79 Å². The maximum absolute atomic E-state index is 12.3. The topological polar surface area (TPSA) is 56.7 Å². The van der Waals surface area contributed by atoms with Crippen LogP contribution < -0.4 is 10.6 Å². The van der Waals surface area contributed by atoms with Crippen molar-refractivity contribution in [1.82, 2.24) is 15.5 Å². The first-order valence-electron chi connectivity index (χ1n) is 8.47. The molecule has 0 saturated carbocycles. The van der Waals surface area contributed by atoms with Crippen molar-refractivity contribution in [2.24, 2.45) is 4.99 Å². The Kier molecular flexibility index (Phi) is 10.3. The quantitative estimate of drug-likeness (QED) is 0.387. The Labute approximate surface area is 166 Å². The van der Waals surface area contributed by atoms with Crippen LogP contribution in [0.3, 0.4) is 0 Å². The summed E-state index contributed by atoms with van der Waals surface area (Å²) in [6.45, 7) is 4.53. The van der Waals surface area contributed by atoms with E-state index in [4.69, 9.17) is 0 Å². The summed E-state index contributed by atoms with van der Waals surface area (Å²) in [7, 11) is 1.76. The molecule has 7 heteroatoms. The summed E-state index contributed by atoms with van der Waals surface area (Å²) >= 11 is 1.77. The second kappa shape index (κ2) is 11.7. The lowest BCUT2D eigenvalue weighted by molar-refractivity contribution is -0.134. The summed E-state index contributed by atoms with van der Waals surface area (Å²) < 4.78 is 0. The normalized spacial score (nSPS) is 18.0. The minimum absolute atomic E-state index is 0. The lowest BCUT2D eigenvalue weighted by Gasteiger charge is -2.33. The van der Waals surface area contributed by atoms with Gasteiger partial charge in [0.2, 0.25) is 5.91 Å². The summed E-state index contributed by atoms with van der Waals surface area (Å²) in [6, 6.07) is 4.60. The molecule has 1 amide bonds. The average Bonchev–Trinajstić information content (AvgIpc) is 3.07. The largest absolute Gasteiger partial charge is 0.356 e. The van der Waals surface area contributed by atoms with Crippen molar-refractivity contribution in [2.45, 2.75) is 45.1 Å². The number of carbonyl (C=O) groups excluding carboxylic acids is 1. The van der Waals surface area contributed by atoms with E-state index < -0.39 is 0 Å². The van der Waals surface area contributed by atoms with Gasteiger partial charge < -0.3 is 15.5 Å². The zero-order valence-corrected chi connectivity index (χ0v) is 17.7. The van der Waals surface area contributed by atoms with Gasteiger partial charge in [-0.25, -0.2) is 0 Å². The Bertz CT molecular complexity index is 507. The van der Waals surface area contributed by atoms with Gasteiger partial charge in [-0.05, 0) is 44.1 Å². The van der Waals surface area contributed by atoms with Gasteiger partial charge >= 0.3 is 0 Å². The first kappa shape index (κ1) is 21.2. The molecule has 2 N–H and O–H groups in total. The molecule has 1 unspecified atom stereocenters. The monoisotopic (exact) mass is 464 g/mol. The highest BCUT2D eigenvalue weighted by atomic mass is 127. The number of thiophene rings is 1. The van der Waals surface area contributed by atoms with Crippen LogP contribution in [0.1, 0.15) is 37.5 Å². The first-order chi connectivity index (χ1) is 11.2. The molecule has 1 aliphatic heterocycles. The van der Waals surface area contributed by atoms with Crippen LogP contribution in [0.15, 0.2) is 22.5 Å². The van der Waals surface area contributed by atoms with Gasteiger partial charge in [0.05, 0.1) is 0 Å².